The molecule has 1 unspecified atom stereocenters. The van der Waals surface area contributed by atoms with Gasteiger partial charge in [0.05, 0.1) is 5.00 Å². The Morgan fingerprint density at radius 3 is 2.69 bits per heavy atom. The Labute approximate surface area is 163 Å². The van der Waals surface area contributed by atoms with Crippen molar-refractivity contribution in [3.05, 3.63) is 51.3 Å². The molecule has 2 aromatic rings. The number of urea groups is 1. The topological polar surface area (TPSA) is 92.5 Å². The zero-order chi connectivity index (χ0) is 18.9. The average Bonchev–Trinajstić information content (AvgIpc) is 3.18. The van der Waals surface area contributed by atoms with Crippen LogP contribution < -0.4 is 11.1 Å². The number of carbonyl (C=O) groups is 3. The maximum atomic E-state index is 12.7. The van der Waals surface area contributed by atoms with E-state index in [1.54, 1.807) is 35.7 Å². The number of rotatable bonds is 4. The molecule has 0 saturated carbocycles. The van der Waals surface area contributed by atoms with Gasteiger partial charge in [-0.2, -0.15) is 0 Å². The molecule has 9 heteroatoms. The minimum Gasteiger partial charge on any atom is -0.368 e. The van der Waals surface area contributed by atoms with Crippen LogP contribution in [0.2, 0.25) is 10.0 Å². The highest BCUT2D eigenvalue weighted by Gasteiger charge is 2.53. The van der Waals surface area contributed by atoms with Gasteiger partial charge in [-0.05, 0) is 41.6 Å². The first-order chi connectivity index (χ1) is 12.3. The number of amides is 4. The quantitative estimate of drug-likeness (QED) is 0.803. The SMILES string of the molecule is NC(=O)C1(Cc2ccc(Cl)cc2Cl)CCC(=O)N1C(=O)Nc1cccs1. The molecule has 1 saturated heterocycles. The summed E-state index contributed by atoms with van der Waals surface area (Å²) in [5.74, 6) is -1.21. The summed E-state index contributed by atoms with van der Waals surface area (Å²) in [6.45, 7) is 0. The van der Waals surface area contributed by atoms with Crippen molar-refractivity contribution in [1.29, 1.82) is 0 Å². The molecule has 4 amide bonds. The van der Waals surface area contributed by atoms with Crippen molar-refractivity contribution in [1.82, 2.24) is 4.90 Å². The van der Waals surface area contributed by atoms with E-state index in [2.05, 4.69) is 5.32 Å². The summed E-state index contributed by atoms with van der Waals surface area (Å²) in [4.78, 5) is 38.4. The van der Waals surface area contributed by atoms with Crippen LogP contribution in [0.1, 0.15) is 18.4 Å². The van der Waals surface area contributed by atoms with Crippen molar-refractivity contribution in [2.45, 2.75) is 24.8 Å². The normalized spacial score (nSPS) is 19.6. The molecular formula is C17H15Cl2N3O3S. The number of primary amides is 1. The largest absolute Gasteiger partial charge is 0.368 e. The summed E-state index contributed by atoms with van der Waals surface area (Å²) in [5, 5.41) is 5.78. The van der Waals surface area contributed by atoms with Gasteiger partial charge in [-0.15, -0.1) is 11.3 Å². The average molecular weight is 412 g/mol. The summed E-state index contributed by atoms with van der Waals surface area (Å²) < 4.78 is 0. The highest BCUT2D eigenvalue weighted by atomic mass is 35.5. The summed E-state index contributed by atoms with van der Waals surface area (Å²) in [7, 11) is 0. The highest BCUT2D eigenvalue weighted by Crippen LogP contribution is 2.36. The molecule has 6 nitrogen and oxygen atoms in total. The Balaban J connectivity index is 1.96. The van der Waals surface area contributed by atoms with Crippen LogP contribution in [0.4, 0.5) is 9.80 Å². The van der Waals surface area contributed by atoms with Crippen molar-refractivity contribution < 1.29 is 14.4 Å². The summed E-state index contributed by atoms with van der Waals surface area (Å²) >= 11 is 13.4. The number of thiophene rings is 1. The van der Waals surface area contributed by atoms with E-state index < -0.39 is 23.4 Å². The molecule has 0 bridgehead atoms. The molecule has 1 fully saturated rings. The number of hydrogen-bond donors (Lipinski definition) is 2. The second kappa shape index (κ2) is 7.26. The number of nitrogens with one attached hydrogen (secondary N) is 1. The van der Waals surface area contributed by atoms with Crippen LogP contribution in [0.15, 0.2) is 35.7 Å². The van der Waals surface area contributed by atoms with Gasteiger partial charge in [-0.1, -0.05) is 29.3 Å². The standard InChI is InChI=1S/C17H15Cl2N3O3S/c18-11-4-3-10(12(19)8-11)9-17(15(20)24)6-5-14(23)22(17)16(25)21-13-2-1-7-26-13/h1-4,7-8H,5-6,9H2,(H2,20,24)(H,21,25). The zero-order valence-electron chi connectivity index (χ0n) is 13.5. The Hall–Kier alpha value is -2.09. The van der Waals surface area contributed by atoms with Crippen molar-refractivity contribution in [3.63, 3.8) is 0 Å². The van der Waals surface area contributed by atoms with Crippen LogP contribution >= 0.6 is 34.5 Å². The van der Waals surface area contributed by atoms with Gasteiger partial charge in [0, 0.05) is 22.9 Å². The van der Waals surface area contributed by atoms with Gasteiger partial charge in [-0.25, -0.2) is 9.69 Å². The third-order valence-corrected chi connectivity index (χ3v) is 5.71. The van der Waals surface area contributed by atoms with Gasteiger partial charge in [0.25, 0.3) is 0 Å². The van der Waals surface area contributed by atoms with Crippen molar-refractivity contribution in [3.8, 4) is 0 Å². The Bertz CT molecular complexity index is 872. The molecule has 0 radical (unpaired) electrons. The fourth-order valence-electron chi connectivity index (χ4n) is 3.06. The van der Waals surface area contributed by atoms with E-state index in [0.717, 1.165) is 4.90 Å². The fraction of sp³-hybridized carbons (Fsp3) is 0.235. The number of benzene rings is 1. The van der Waals surface area contributed by atoms with E-state index in [1.807, 2.05) is 0 Å². The monoisotopic (exact) mass is 411 g/mol. The molecule has 0 aliphatic carbocycles. The van der Waals surface area contributed by atoms with E-state index >= 15 is 0 Å². The molecule has 1 aliphatic heterocycles. The minimum atomic E-state index is -1.48. The van der Waals surface area contributed by atoms with Gasteiger partial charge in [0.1, 0.15) is 5.54 Å². The molecule has 0 spiro atoms. The van der Waals surface area contributed by atoms with Crippen molar-refractivity contribution >= 4 is 57.4 Å². The van der Waals surface area contributed by atoms with Crippen molar-refractivity contribution in [2.75, 3.05) is 5.32 Å². The van der Waals surface area contributed by atoms with Crippen LogP contribution in [0.5, 0.6) is 0 Å². The number of nitrogens with two attached hydrogens (primary N) is 1. The Morgan fingerprint density at radius 1 is 1.31 bits per heavy atom. The van der Waals surface area contributed by atoms with Gasteiger partial charge in [0.15, 0.2) is 0 Å². The minimum absolute atomic E-state index is 0.0297. The highest BCUT2D eigenvalue weighted by molar-refractivity contribution is 7.14. The maximum Gasteiger partial charge on any atom is 0.330 e. The third-order valence-electron chi connectivity index (χ3n) is 4.34. The first-order valence-corrected chi connectivity index (χ1v) is 9.38. The predicted octanol–water partition coefficient (Wildman–Crippen LogP) is 3.68. The smallest absolute Gasteiger partial charge is 0.330 e. The number of imide groups is 1. The molecule has 1 atom stereocenters. The van der Waals surface area contributed by atoms with Crippen LogP contribution in [0, 0.1) is 0 Å². The number of halogens is 2. The van der Waals surface area contributed by atoms with E-state index in [4.69, 9.17) is 28.9 Å². The zero-order valence-corrected chi connectivity index (χ0v) is 15.8. The van der Waals surface area contributed by atoms with Gasteiger partial charge in [0.2, 0.25) is 11.8 Å². The summed E-state index contributed by atoms with van der Waals surface area (Å²) in [6.07, 6.45) is 0.214. The Morgan fingerprint density at radius 2 is 2.08 bits per heavy atom. The van der Waals surface area contributed by atoms with Crippen LogP contribution in [-0.2, 0) is 16.0 Å². The first-order valence-electron chi connectivity index (χ1n) is 7.75. The Kier molecular flexibility index (Phi) is 5.22. The number of hydrogen-bond acceptors (Lipinski definition) is 4. The lowest BCUT2D eigenvalue weighted by molar-refractivity contribution is -0.135. The molecule has 1 aromatic heterocycles. The molecule has 3 rings (SSSR count). The third kappa shape index (κ3) is 3.42. The molecular weight excluding hydrogens is 397 g/mol. The fourth-order valence-corrected chi connectivity index (χ4v) is 4.15. The number of anilines is 1. The molecule has 136 valence electrons. The molecule has 1 aliphatic rings. The van der Waals surface area contributed by atoms with Crippen LogP contribution in [-0.4, -0.2) is 28.3 Å². The molecule has 1 aromatic carbocycles. The van der Waals surface area contributed by atoms with E-state index in [0.29, 0.717) is 20.6 Å². The van der Waals surface area contributed by atoms with Crippen molar-refractivity contribution in [2.24, 2.45) is 5.73 Å². The van der Waals surface area contributed by atoms with Gasteiger partial charge in [-0.3, -0.25) is 14.9 Å². The maximum absolute atomic E-state index is 12.7. The molecule has 26 heavy (non-hydrogen) atoms. The van der Waals surface area contributed by atoms with Crippen LogP contribution in [0.3, 0.4) is 0 Å². The predicted molar refractivity (Wildman–Crippen MR) is 102 cm³/mol. The van der Waals surface area contributed by atoms with Crippen LogP contribution in [0.25, 0.3) is 0 Å². The second-order valence-electron chi connectivity index (χ2n) is 5.94. The van der Waals surface area contributed by atoms with E-state index in [9.17, 15) is 14.4 Å². The molecule has 2 heterocycles. The number of nitrogens with zero attached hydrogens (tertiary/aromatic N) is 1. The summed E-state index contributed by atoms with van der Waals surface area (Å²) in [5.41, 5.74) is 4.75. The lowest BCUT2D eigenvalue weighted by atomic mass is 9.87. The van der Waals surface area contributed by atoms with Gasteiger partial charge >= 0.3 is 6.03 Å². The molecule has 3 N–H and O–H groups in total. The van der Waals surface area contributed by atoms with Gasteiger partial charge < -0.3 is 5.73 Å². The first kappa shape index (κ1) is 18.7. The lowest BCUT2D eigenvalue weighted by Gasteiger charge is -2.34. The van der Waals surface area contributed by atoms with E-state index in [-0.39, 0.29) is 19.3 Å². The second-order valence-corrected chi connectivity index (χ2v) is 7.74. The van der Waals surface area contributed by atoms with E-state index in [1.165, 1.54) is 11.3 Å². The number of likely N-dealkylation sites (tertiary alicyclic amines) is 1. The summed E-state index contributed by atoms with van der Waals surface area (Å²) in [6, 6.07) is 7.61. The lowest BCUT2D eigenvalue weighted by Crippen LogP contribution is -2.59. The number of carbonyl (C=O) groups excluding carboxylic acids is 3.